The highest BCUT2D eigenvalue weighted by molar-refractivity contribution is 9.10. The third-order valence-electron chi connectivity index (χ3n) is 2.38. The van der Waals surface area contributed by atoms with Gasteiger partial charge in [0.05, 0.1) is 0 Å². The van der Waals surface area contributed by atoms with E-state index in [1.54, 1.807) is 25.3 Å². The minimum Gasteiger partial charge on any atom is -0.399 e. The Bertz CT molecular complexity index is 582. The second kappa shape index (κ2) is 5.14. The zero-order chi connectivity index (χ0) is 13.1. The summed E-state index contributed by atoms with van der Waals surface area (Å²) in [5, 5.41) is 7.51. The fourth-order valence-corrected chi connectivity index (χ4v) is 1.97. The van der Waals surface area contributed by atoms with Gasteiger partial charge in [0.25, 0.3) is 0 Å². The molecule has 0 amide bonds. The number of allylic oxidation sites excluding steroid dienone is 1. The van der Waals surface area contributed by atoms with E-state index in [9.17, 15) is 4.79 Å². The summed E-state index contributed by atoms with van der Waals surface area (Å²) in [5.41, 5.74) is 7.60. The number of carbonyl (C=O) groups is 1. The van der Waals surface area contributed by atoms with Gasteiger partial charge in [-0.05, 0) is 39.7 Å². The molecule has 0 saturated carbocycles. The molecule has 1 aromatic carbocycles. The van der Waals surface area contributed by atoms with Crippen molar-refractivity contribution < 1.29 is 4.79 Å². The first-order chi connectivity index (χ1) is 8.58. The number of halogens is 1. The Morgan fingerprint density at radius 2 is 2.06 bits per heavy atom. The molecule has 18 heavy (non-hydrogen) atoms. The van der Waals surface area contributed by atoms with Crippen LogP contribution < -0.4 is 5.73 Å². The van der Waals surface area contributed by atoms with Gasteiger partial charge in [0.1, 0.15) is 5.69 Å². The van der Waals surface area contributed by atoms with E-state index >= 15 is 0 Å². The second-order valence-corrected chi connectivity index (χ2v) is 4.47. The van der Waals surface area contributed by atoms with Crippen LogP contribution >= 0.6 is 15.9 Å². The molecule has 6 heteroatoms. The summed E-state index contributed by atoms with van der Waals surface area (Å²) >= 11 is 3.19. The minimum atomic E-state index is -0.161. The molecular weight excluding hydrogens is 296 g/mol. The van der Waals surface area contributed by atoms with Gasteiger partial charge in [0.2, 0.25) is 5.78 Å². The van der Waals surface area contributed by atoms with Gasteiger partial charge in [0, 0.05) is 12.7 Å². The Labute approximate surface area is 112 Å². The average Bonchev–Trinajstić information content (AvgIpc) is 2.68. The van der Waals surface area contributed by atoms with Gasteiger partial charge in [-0.3, -0.25) is 4.79 Å². The van der Waals surface area contributed by atoms with E-state index in [1.165, 1.54) is 10.8 Å². The van der Waals surface area contributed by atoms with Crippen molar-refractivity contribution in [1.29, 1.82) is 0 Å². The lowest BCUT2D eigenvalue weighted by Gasteiger charge is -1.97. The maximum atomic E-state index is 11.9. The highest BCUT2D eigenvalue weighted by atomic mass is 79.9. The van der Waals surface area contributed by atoms with Crippen LogP contribution in [0.4, 0.5) is 5.69 Å². The summed E-state index contributed by atoms with van der Waals surface area (Å²) in [6.07, 6.45) is 3.20. The molecule has 0 unspecified atom stereocenters. The van der Waals surface area contributed by atoms with Crippen molar-refractivity contribution in [2.75, 3.05) is 5.73 Å². The summed E-state index contributed by atoms with van der Waals surface area (Å²) in [6, 6.07) is 7.25. The van der Waals surface area contributed by atoms with Crippen molar-refractivity contribution in [2.45, 2.75) is 0 Å². The molecular formula is C12H11BrN4O. The SMILES string of the molecule is Cn1nnc(Br)c1C(=O)/C=C/c1ccc(N)cc1. The van der Waals surface area contributed by atoms with Crippen LogP contribution in [0.3, 0.4) is 0 Å². The number of hydrogen-bond donors (Lipinski definition) is 1. The summed E-state index contributed by atoms with van der Waals surface area (Å²) in [7, 11) is 1.67. The molecule has 1 heterocycles. The molecule has 0 atom stereocenters. The number of benzene rings is 1. The fourth-order valence-electron chi connectivity index (χ4n) is 1.45. The van der Waals surface area contributed by atoms with E-state index in [0.717, 1.165) is 5.56 Å². The fraction of sp³-hybridized carbons (Fsp3) is 0.0833. The molecule has 1 aromatic heterocycles. The molecule has 2 N–H and O–H groups in total. The van der Waals surface area contributed by atoms with Gasteiger partial charge in [-0.1, -0.05) is 23.4 Å². The Hall–Kier alpha value is -1.95. The Morgan fingerprint density at radius 1 is 1.39 bits per heavy atom. The number of ketones is 1. The van der Waals surface area contributed by atoms with E-state index in [4.69, 9.17) is 5.73 Å². The number of aromatic nitrogens is 3. The van der Waals surface area contributed by atoms with Crippen LogP contribution in [-0.2, 0) is 7.05 Å². The van der Waals surface area contributed by atoms with E-state index in [1.807, 2.05) is 12.1 Å². The highest BCUT2D eigenvalue weighted by Gasteiger charge is 2.13. The van der Waals surface area contributed by atoms with E-state index in [0.29, 0.717) is 16.0 Å². The van der Waals surface area contributed by atoms with Crippen molar-refractivity contribution in [3.05, 3.63) is 46.2 Å². The zero-order valence-corrected chi connectivity index (χ0v) is 11.3. The number of aryl methyl sites for hydroxylation is 1. The van der Waals surface area contributed by atoms with Gasteiger partial charge in [-0.25, -0.2) is 4.68 Å². The number of nitrogen functional groups attached to an aromatic ring is 1. The van der Waals surface area contributed by atoms with E-state index in [2.05, 4.69) is 26.2 Å². The summed E-state index contributed by atoms with van der Waals surface area (Å²) in [6.45, 7) is 0. The zero-order valence-electron chi connectivity index (χ0n) is 9.67. The largest absolute Gasteiger partial charge is 0.399 e. The summed E-state index contributed by atoms with van der Waals surface area (Å²) < 4.78 is 1.87. The predicted octanol–water partition coefficient (Wildman–Crippen LogP) is 2.06. The van der Waals surface area contributed by atoms with Crippen molar-refractivity contribution in [2.24, 2.45) is 7.05 Å². The number of nitrogens with zero attached hydrogens (tertiary/aromatic N) is 3. The third kappa shape index (κ3) is 2.65. The van der Waals surface area contributed by atoms with Crippen molar-refractivity contribution in [1.82, 2.24) is 15.0 Å². The highest BCUT2D eigenvalue weighted by Crippen LogP contribution is 2.14. The number of anilines is 1. The molecule has 0 aliphatic heterocycles. The van der Waals surface area contributed by atoms with E-state index in [-0.39, 0.29) is 5.78 Å². The molecule has 92 valence electrons. The first-order valence-corrected chi connectivity index (χ1v) is 6.00. The van der Waals surface area contributed by atoms with Crippen molar-refractivity contribution in [3.8, 4) is 0 Å². The molecule has 0 spiro atoms. The second-order valence-electron chi connectivity index (χ2n) is 3.72. The molecule has 0 bridgehead atoms. The smallest absolute Gasteiger partial charge is 0.206 e. The maximum Gasteiger partial charge on any atom is 0.206 e. The van der Waals surface area contributed by atoms with Gasteiger partial charge in [-0.2, -0.15) is 0 Å². The van der Waals surface area contributed by atoms with E-state index < -0.39 is 0 Å². The minimum absolute atomic E-state index is 0.161. The molecule has 2 rings (SSSR count). The Balaban J connectivity index is 2.19. The molecule has 2 aromatic rings. The number of rotatable bonds is 3. The van der Waals surface area contributed by atoms with Crippen molar-refractivity contribution >= 4 is 33.5 Å². The van der Waals surface area contributed by atoms with Crippen LogP contribution in [0.2, 0.25) is 0 Å². The maximum absolute atomic E-state index is 11.9. The topological polar surface area (TPSA) is 73.8 Å². The standard InChI is InChI=1S/C12H11BrN4O/c1-17-11(12(13)15-16-17)10(18)7-4-8-2-5-9(14)6-3-8/h2-7H,14H2,1H3/b7-4+. The van der Waals surface area contributed by atoms with Crippen LogP contribution in [0, 0.1) is 0 Å². The molecule has 0 aliphatic carbocycles. The predicted molar refractivity (Wildman–Crippen MR) is 72.9 cm³/mol. The molecule has 0 radical (unpaired) electrons. The summed E-state index contributed by atoms with van der Waals surface area (Å²) in [4.78, 5) is 11.9. The molecule has 0 fully saturated rings. The van der Waals surface area contributed by atoms with Crippen LogP contribution in [0.5, 0.6) is 0 Å². The molecule has 5 nitrogen and oxygen atoms in total. The first-order valence-electron chi connectivity index (χ1n) is 5.21. The van der Waals surface area contributed by atoms with Gasteiger partial charge < -0.3 is 5.73 Å². The van der Waals surface area contributed by atoms with Crippen LogP contribution in [0.25, 0.3) is 6.08 Å². The number of hydrogen-bond acceptors (Lipinski definition) is 4. The lowest BCUT2D eigenvalue weighted by atomic mass is 10.1. The lowest BCUT2D eigenvalue weighted by Crippen LogP contribution is -2.04. The first kappa shape index (κ1) is 12.5. The number of nitrogens with two attached hydrogens (primary N) is 1. The van der Waals surface area contributed by atoms with Crippen molar-refractivity contribution in [3.63, 3.8) is 0 Å². The van der Waals surface area contributed by atoms with Gasteiger partial charge >= 0.3 is 0 Å². The van der Waals surface area contributed by atoms with Gasteiger partial charge in [-0.15, -0.1) is 5.10 Å². The quantitative estimate of drug-likeness (QED) is 0.535. The average molecular weight is 307 g/mol. The Kier molecular flexibility index (Phi) is 3.57. The Morgan fingerprint density at radius 3 is 2.61 bits per heavy atom. The molecule has 0 saturated heterocycles. The number of carbonyl (C=O) groups excluding carboxylic acids is 1. The third-order valence-corrected chi connectivity index (χ3v) is 2.92. The normalized spacial score (nSPS) is 11.0. The van der Waals surface area contributed by atoms with Crippen LogP contribution in [0.15, 0.2) is 34.9 Å². The van der Waals surface area contributed by atoms with Gasteiger partial charge in [0.15, 0.2) is 4.60 Å². The molecule has 0 aliphatic rings. The summed E-state index contributed by atoms with van der Waals surface area (Å²) in [5.74, 6) is -0.161. The monoisotopic (exact) mass is 306 g/mol. The van der Waals surface area contributed by atoms with Crippen LogP contribution in [0.1, 0.15) is 16.1 Å². The van der Waals surface area contributed by atoms with Crippen LogP contribution in [-0.4, -0.2) is 20.8 Å². The lowest BCUT2D eigenvalue weighted by molar-refractivity contribution is 0.103.